The van der Waals surface area contributed by atoms with Crippen LogP contribution in [0.15, 0.2) is 18.5 Å². The molecule has 0 amide bonds. The van der Waals surface area contributed by atoms with Gasteiger partial charge in [-0.3, -0.25) is 4.68 Å². The van der Waals surface area contributed by atoms with Crippen LogP contribution in [0.5, 0.6) is 0 Å². The van der Waals surface area contributed by atoms with Gasteiger partial charge in [0, 0.05) is 25.5 Å². The van der Waals surface area contributed by atoms with Crippen LogP contribution in [0.2, 0.25) is 0 Å². The van der Waals surface area contributed by atoms with Crippen LogP contribution in [0.4, 0.5) is 5.82 Å². The fourth-order valence-corrected chi connectivity index (χ4v) is 2.59. The molecular weight excluding hydrogens is 280 g/mol. The summed E-state index contributed by atoms with van der Waals surface area (Å²) < 4.78 is 7.65. The molecule has 0 aromatic carbocycles. The fraction of sp³-hybridized carbons (Fsp3) is 0.467. The second kappa shape index (κ2) is 6.12. The number of hydrogen-bond donors (Lipinski definition) is 0. The SMILES string of the molecule is Cc1nnc(N2CCO[C@@H](Cn3cccn3)C2)c(C#N)c1C. The van der Waals surface area contributed by atoms with E-state index in [2.05, 4.69) is 26.3 Å². The Morgan fingerprint density at radius 1 is 1.41 bits per heavy atom. The van der Waals surface area contributed by atoms with Crippen molar-refractivity contribution in [2.45, 2.75) is 26.5 Å². The second-order valence-corrected chi connectivity index (χ2v) is 5.39. The third-order valence-corrected chi connectivity index (χ3v) is 3.94. The van der Waals surface area contributed by atoms with E-state index >= 15 is 0 Å². The first-order chi connectivity index (χ1) is 10.7. The van der Waals surface area contributed by atoms with Gasteiger partial charge >= 0.3 is 0 Å². The van der Waals surface area contributed by atoms with Crippen molar-refractivity contribution in [2.75, 3.05) is 24.6 Å². The largest absolute Gasteiger partial charge is 0.373 e. The number of nitriles is 1. The highest BCUT2D eigenvalue weighted by molar-refractivity contribution is 5.57. The Morgan fingerprint density at radius 3 is 3.00 bits per heavy atom. The molecule has 1 fully saturated rings. The first kappa shape index (κ1) is 14.5. The molecule has 1 aliphatic rings. The van der Waals surface area contributed by atoms with Crippen molar-refractivity contribution >= 4 is 5.82 Å². The van der Waals surface area contributed by atoms with Gasteiger partial charge in [0.1, 0.15) is 11.6 Å². The Morgan fingerprint density at radius 2 is 2.27 bits per heavy atom. The van der Waals surface area contributed by atoms with Crippen LogP contribution >= 0.6 is 0 Å². The summed E-state index contributed by atoms with van der Waals surface area (Å²) in [6, 6.07) is 4.15. The standard InChI is InChI=1S/C15H18N6O/c1-11-12(2)18-19-15(14(11)8-16)20-6-7-22-13(9-20)10-21-5-3-4-17-21/h3-5,13H,6-7,9-10H2,1-2H3/t13-/m1/s1. The molecule has 0 N–H and O–H groups in total. The smallest absolute Gasteiger partial charge is 0.169 e. The molecule has 22 heavy (non-hydrogen) atoms. The van der Waals surface area contributed by atoms with Gasteiger partial charge in [-0.25, -0.2) is 0 Å². The highest BCUT2D eigenvalue weighted by atomic mass is 16.5. The van der Waals surface area contributed by atoms with Gasteiger partial charge in [0.2, 0.25) is 0 Å². The van der Waals surface area contributed by atoms with Gasteiger partial charge in [0.05, 0.1) is 24.9 Å². The van der Waals surface area contributed by atoms with Crippen LogP contribution in [0, 0.1) is 25.2 Å². The average Bonchev–Trinajstić information content (AvgIpc) is 3.03. The van der Waals surface area contributed by atoms with Crippen LogP contribution in [0.25, 0.3) is 0 Å². The molecule has 0 unspecified atom stereocenters. The highest BCUT2D eigenvalue weighted by Crippen LogP contribution is 2.23. The molecule has 1 aliphatic heterocycles. The Kier molecular flexibility index (Phi) is 4.02. The molecule has 1 atom stereocenters. The second-order valence-electron chi connectivity index (χ2n) is 5.39. The maximum absolute atomic E-state index is 9.44. The van der Waals surface area contributed by atoms with Crippen molar-refractivity contribution < 1.29 is 4.74 Å². The summed E-state index contributed by atoms with van der Waals surface area (Å²) in [5, 5.41) is 22.0. The third-order valence-electron chi connectivity index (χ3n) is 3.94. The zero-order chi connectivity index (χ0) is 15.5. The normalized spacial score (nSPS) is 18.2. The number of hydrogen-bond acceptors (Lipinski definition) is 6. The van der Waals surface area contributed by atoms with Gasteiger partial charge < -0.3 is 9.64 Å². The number of aryl methyl sites for hydroxylation is 1. The van der Waals surface area contributed by atoms with E-state index in [-0.39, 0.29) is 6.10 Å². The van der Waals surface area contributed by atoms with Crippen LogP contribution in [0.1, 0.15) is 16.8 Å². The summed E-state index contributed by atoms with van der Waals surface area (Å²) in [5.74, 6) is 0.652. The Bertz CT molecular complexity index is 691. The molecular formula is C15H18N6O. The molecule has 0 bridgehead atoms. The summed E-state index contributed by atoms with van der Waals surface area (Å²) in [5.41, 5.74) is 2.29. The van der Waals surface area contributed by atoms with E-state index in [1.54, 1.807) is 6.20 Å². The van der Waals surface area contributed by atoms with E-state index in [0.717, 1.165) is 11.3 Å². The van der Waals surface area contributed by atoms with Gasteiger partial charge in [-0.05, 0) is 25.5 Å². The Hall–Kier alpha value is -2.46. The lowest BCUT2D eigenvalue weighted by Gasteiger charge is -2.34. The monoisotopic (exact) mass is 298 g/mol. The summed E-state index contributed by atoms with van der Waals surface area (Å²) >= 11 is 0. The minimum atomic E-state index is 0.0172. The third kappa shape index (κ3) is 2.78. The zero-order valence-corrected chi connectivity index (χ0v) is 12.7. The van der Waals surface area contributed by atoms with E-state index in [1.165, 1.54) is 0 Å². The summed E-state index contributed by atoms with van der Waals surface area (Å²) in [6.07, 6.45) is 3.69. The molecule has 7 heteroatoms. The molecule has 0 spiro atoms. The summed E-state index contributed by atoms with van der Waals surface area (Å²) in [7, 11) is 0. The van der Waals surface area contributed by atoms with Crippen molar-refractivity contribution in [1.29, 1.82) is 5.26 Å². The van der Waals surface area contributed by atoms with Crippen molar-refractivity contribution in [2.24, 2.45) is 0 Å². The molecule has 2 aromatic heterocycles. The van der Waals surface area contributed by atoms with Crippen LogP contribution in [0.3, 0.4) is 0 Å². The molecule has 114 valence electrons. The fourth-order valence-electron chi connectivity index (χ4n) is 2.59. The number of nitrogens with zero attached hydrogens (tertiary/aromatic N) is 6. The molecule has 0 aliphatic carbocycles. The number of anilines is 1. The molecule has 1 saturated heterocycles. The maximum atomic E-state index is 9.44. The molecule has 0 radical (unpaired) electrons. The number of morpholine rings is 1. The molecule has 3 rings (SSSR count). The van der Waals surface area contributed by atoms with E-state index in [0.29, 0.717) is 37.6 Å². The first-order valence-corrected chi connectivity index (χ1v) is 7.27. The van der Waals surface area contributed by atoms with E-state index < -0.39 is 0 Å². The van der Waals surface area contributed by atoms with Gasteiger partial charge in [-0.1, -0.05) is 0 Å². The first-order valence-electron chi connectivity index (χ1n) is 7.27. The van der Waals surface area contributed by atoms with Crippen molar-refractivity contribution in [3.05, 3.63) is 35.3 Å². The van der Waals surface area contributed by atoms with Gasteiger partial charge in [0.25, 0.3) is 0 Å². The number of rotatable bonds is 3. The Balaban J connectivity index is 1.80. The minimum absolute atomic E-state index is 0.0172. The van der Waals surface area contributed by atoms with Crippen molar-refractivity contribution in [3.8, 4) is 6.07 Å². The highest BCUT2D eigenvalue weighted by Gasteiger charge is 2.25. The molecule has 2 aromatic rings. The van der Waals surface area contributed by atoms with Crippen LogP contribution < -0.4 is 4.90 Å². The summed E-state index contributed by atoms with van der Waals surface area (Å²) in [4.78, 5) is 2.08. The quantitative estimate of drug-likeness (QED) is 0.843. The number of aromatic nitrogens is 4. The molecule has 3 heterocycles. The van der Waals surface area contributed by atoms with Crippen molar-refractivity contribution in [3.63, 3.8) is 0 Å². The lowest BCUT2D eigenvalue weighted by atomic mass is 10.1. The maximum Gasteiger partial charge on any atom is 0.169 e. The predicted octanol–water partition coefficient (Wildman–Crippen LogP) is 1.07. The van der Waals surface area contributed by atoms with E-state index in [1.807, 2.05) is 30.8 Å². The van der Waals surface area contributed by atoms with Crippen molar-refractivity contribution in [1.82, 2.24) is 20.0 Å². The average molecular weight is 298 g/mol. The molecule has 0 saturated carbocycles. The lowest BCUT2D eigenvalue weighted by Crippen LogP contribution is -2.45. The summed E-state index contributed by atoms with van der Waals surface area (Å²) in [6.45, 7) is 6.45. The van der Waals surface area contributed by atoms with E-state index in [4.69, 9.17) is 4.74 Å². The topological polar surface area (TPSA) is 79.9 Å². The van der Waals surface area contributed by atoms with Crippen LogP contribution in [-0.4, -0.2) is 45.8 Å². The van der Waals surface area contributed by atoms with Crippen LogP contribution in [-0.2, 0) is 11.3 Å². The molecule has 7 nitrogen and oxygen atoms in total. The Labute approximate surface area is 129 Å². The zero-order valence-electron chi connectivity index (χ0n) is 12.7. The van der Waals surface area contributed by atoms with Gasteiger partial charge in [-0.15, -0.1) is 5.10 Å². The van der Waals surface area contributed by atoms with E-state index in [9.17, 15) is 5.26 Å². The minimum Gasteiger partial charge on any atom is -0.373 e. The number of ether oxygens (including phenoxy) is 1. The lowest BCUT2D eigenvalue weighted by molar-refractivity contribution is 0.0271. The van der Waals surface area contributed by atoms with Gasteiger partial charge in [0.15, 0.2) is 5.82 Å². The van der Waals surface area contributed by atoms with Gasteiger partial charge in [-0.2, -0.15) is 15.5 Å². The predicted molar refractivity (Wildman–Crippen MR) is 80.4 cm³/mol.